The normalized spacial score (nSPS) is 18.7. The Balaban J connectivity index is 1.93. The first kappa shape index (κ1) is 20.9. The van der Waals surface area contributed by atoms with Crippen molar-refractivity contribution >= 4 is 16.0 Å². The second kappa shape index (κ2) is 9.48. The Morgan fingerprint density at radius 2 is 2.12 bits per heavy atom. The number of nitrogens with zero attached hydrogens (tertiary/aromatic N) is 1. The molecule has 1 saturated heterocycles. The van der Waals surface area contributed by atoms with Gasteiger partial charge in [0.1, 0.15) is 0 Å². The zero-order chi connectivity index (χ0) is 19.2. The molecule has 1 heterocycles. The van der Waals surface area contributed by atoms with E-state index in [1.807, 2.05) is 0 Å². The van der Waals surface area contributed by atoms with Crippen LogP contribution in [0.15, 0.2) is 23.1 Å². The van der Waals surface area contributed by atoms with E-state index in [0.717, 1.165) is 25.9 Å². The van der Waals surface area contributed by atoms with Crippen LogP contribution in [0.1, 0.15) is 54.9 Å². The SMILES string of the molecule is CCC1CCCCN1CCCNS(=O)(=O)c1ccc(C)c(C(=O)OC)c1. The number of methoxy groups -OCH3 is 1. The first-order valence-corrected chi connectivity index (χ1v) is 10.8. The largest absolute Gasteiger partial charge is 0.465 e. The molecule has 7 heteroatoms. The molecule has 146 valence electrons. The average Bonchev–Trinajstić information content (AvgIpc) is 2.65. The number of sulfonamides is 1. The summed E-state index contributed by atoms with van der Waals surface area (Å²) in [6.07, 6.45) is 5.66. The van der Waals surface area contributed by atoms with Crippen molar-refractivity contribution in [1.82, 2.24) is 9.62 Å². The summed E-state index contributed by atoms with van der Waals surface area (Å²) >= 11 is 0. The Hall–Kier alpha value is -1.44. The Morgan fingerprint density at radius 3 is 2.81 bits per heavy atom. The summed E-state index contributed by atoms with van der Waals surface area (Å²) in [4.78, 5) is 14.3. The lowest BCUT2D eigenvalue weighted by atomic mass is 10.00. The molecule has 6 nitrogen and oxygen atoms in total. The van der Waals surface area contributed by atoms with Crippen LogP contribution in [0.5, 0.6) is 0 Å². The van der Waals surface area contributed by atoms with E-state index in [2.05, 4.69) is 16.5 Å². The van der Waals surface area contributed by atoms with E-state index in [1.54, 1.807) is 13.0 Å². The zero-order valence-corrected chi connectivity index (χ0v) is 16.8. The molecule has 0 saturated carbocycles. The second-order valence-corrected chi connectivity index (χ2v) is 8.58. The molecule has 1 unspecified atom stereocenters. The van der Waals surface area contributed by atoms with Gasteiger partial charge in [-0.05, 0) is 63.4 Å². The highest BCUT2D eigenvalue weighted by molar-refractivity contribution is 7.89. The maximum atomic E-state index is 12.5. The van der Waals surface area contributed by atoms with Crippen molar-refractivity contribution in [3.8, 4) is 0 Å². The minimum absolute atomic E-state index is 0.0907. The predicted octanol–water partition coefficient (Wildman–Crippen LogP) is 2.71. The summed E-state index contributed by atoms with van der Waals surface area (Å²) in [5.41, 5.74) is 0.959. The Labute approximate surface area is 157 Å². The van der Waals surface area contributed by atoms with Gasteiger partial charge in [0.05, 0.1) is 17.6 Å². The molecule has 2 rings (SSSR count). The molecule has 1 aliphatic rings. The van der Waals surface area contributed by atoms with Gasteiger partial charge in [0, 0.05) is 12.6 Å². The fraction of sp³-hybridized carbons (Fsp3) is 0.632. The van der Waals surface area contributed by atoms with Gasteiger partial charge in [-0.1, -0.05) is 19.4 Å². The van der Waals surface area contributed by atoms with E-state index >= 15 is 0 Å². The predicted molar refractivity (Wildman–Crippen MR) is 102 cm³/mol. The van der Waals surface area contributed by atoms with E-state index in [9.17, 15) is 13.2 Å². The number of piperidine rings is 1. The zero-order valence-electron chi connectivity index (χ0n) is 16.0. The molecule has 0 aliphatic carbocycles. The smallest absolute Gasteiger partial charge is 0.338 e. The third-order valence-corrected chi connectivity index (χ3v) is 6.52. The van der Waals surface area contributed by atoms with Crippen molar-refractivity contribution in [1.29, 1.82) is 0 Å². The topological polar surface area (TPSA) is 75.7 Å². The third kappa shape index (κ3) is 5.28. The number of aryl methyl sites for hydroxylation is 1. The van der Waals surface area contributed by atoms with Gasteiger partial charge in [-0.25, -0.2) is 17.9 Å². The van der Waals surface area contributed by atoms with Crippen LogP contribution in [0.3, 0.4) is 0 Å². The Bertz CT molecular complexity index is 718. The van der Waals surface area contributed by atoms with E-state index in [-0.39, 0.29) is 10.5 Å². The summed E-state index contributed by atoms with van der Waals surface area (Å²) in [6.45, 7) is 6.35. The molecule has 1 fully saturated rings. The third-order valence-electron chi connectivity index (χ3n) is 5.06. The number of hydrogen-bond acceptors (Lipinski definition) is 5. The molecule has 1 N–H and O–H groups in total. The Kier molecular flexibility index (Phi) is 7.61. The van der Waals surface area contributed by atoms with E-state index < -0.39 is 16.0 Å². The van der Waals surface area contributed by atoms with Gasteiger partial charge in [-0.2, -0.15) is 0 Å². The lowest BCUT2D eigenvalue weighted by Crippen LogP contribution is -2.40. The number of carbonyl (C=O) groups is 1. The number of carbonyl (C=O) groups excluding carboxylic acids is 1. The number of hydrogen-bond donors (Lipinski definition) is 1. The lowest BCUT2D eigenvalue weighted by molar-refractivity contribution is 0.0599. The number of ether oxygens (including phenoxy) is 1. The van der Waals surface area contributed by atoms with Crippen LogP contribution in [0, 0.1) is 6.92 Å². The molecule has 1 aromatic rings. The molecule has 1 aliphatic heterocycles. The molecule has 0 amide bonds. The number of rotatable bonds is 8. The molecule has 0 radical (unpaired) electrons. The fourth-order valence-corrected chi connectivity index (χ4v) is 4.59. The van der Waals surface area contributed by atoms with E-state index in [0.29, 0.717) is 18.2 Å². The van der Waals surface area contributed by atoms with Crippen molar-refractivity contribution in [3.05, 3.63) is 29.3 Å². The molecular formula is C19H30N2O4S. The van der Waals surface area contributed by atoms with Gasteiger partial charge in [0.25, 0.3) is 0 Å². The van der Waals surface area contributed by atoms with Crippen LogP contribution in [0.2, 0.25) is 0 Å². The Morgan fingerprint density at radius 1 is 1.35 bits per heavy atom. The molecule has 0 spiro atoms. The maximum Gasteiger partial charge on any atom is 0.338 e. The van der Waals surface area contributed by atoms with Gasteiger partial charge in [-0.3, -0.25) is 0 Å². The van der Waals surface area contributed by atoms with Gasteiger partial charge in [0.2, 0.25) is 10.0 Å². The van der Waals surface area contributed by atoms with Crippen LogP contribution in [-0.4, -0.2) is 52.1 Å². The maximum absolute atomic E-state index is 12.5. The van der Waals surface area contributed by atoms with Crippen LogP contribution in [0.25, 0.3) is 0 Å². The van der Waals surface area contributed by atoms with Crippen molar-refractivity contribution in [2.45, 2.75) is 56.9 Å². The second-order valence-electron chi connectivity index (χ2n) is 6.81. The highest BCUT2D eigenvalue weighted by Gasteiger charge is 2.21. The van der Waals surface area contributed by atoms with Crippen LogP contribution < -0.4 is 4.72 Å². The quantitative estimate of drug-likeness (QED) is 0.553. The number of esters is 1. The highest BCUT2D eigenvalue weighted by Crippen LogP contribution is 2.20. The van der Waals surface area contributed by atoms with Crippen molar-refractivity contribution in [3.63, 3.8) is 0 Å². The summed E-state index contributed by atoms with van der Waals surface area (Å²) in [5, 5.41) is 0. The first-order chi connectivity index (χ1) is 12.4. The fourth-order valence-electron chi connectivity index (χ4n) is 3.49. The molecular weight excluding hydrogens is 352 g/mol. The van der Waals surface area contributed by atoms with Crippen molar-refractivity contribution in [2.24, 2.45) is 0 Å². The minimum Gasteiger partial charge on any atom is -0.465 e. The molecule has 1 aromatic carbocycles. The average molecular weight is 383 g/mol. The van der Waals surface area contributed by atoms with E-state index in [4.69, 9.17) is 4.74 Å². The molecule has 1 atom stereocenters. The summed E-state index contributed by atoms with van der Waals surface area (Å²) in [7, 11) is -2.36. The van der Waals surface area contributed by atoms with E-state index in [1.165, 1.54) is 38.5 Å². The van der Waals surface area contributed by atoms with Gasteiger partial charge < -0.3 is 9.64 Å². The van der Waals surface area contributed by atoms with Crippen molar-refractivity contribution in [2.75, 3.05) is 26.7 Å². The first-order valence-electron chi connectivity index (χ1n) is 9.31. The van der Waals surface area contributed by atoms with Gasteiger partial charge in [0.15, 0.2) is 0 Å². The molecule has 26 heavy (non-hydrogen) atoms. The van der Waals surface area contributed by atoms with Gasteiger partial charge >= 0.3 is 5.97 Å². The molecule has 0 bridgehead atoms. The summed E-state index contributed by atoms with van der Waals surface area (Å²) < 4.78 is 32.4. The summed E-state index contributed by atoms with van der Waals surface area (Å²) in [5.74, 6) is -0.532. The monoisotopic (exact) mass is 382 g/mol. The lowest BCUT2D eigenvalue weighted by Gasteiger charge is -2.35. The van der Waals surface area contributed by atoms with Crippen molar-refractivity contribution < 1.29 is 17.9 Å². The van der Waals surface area contributed by atoms with Crippen LogP contribution in [-0.2, 0) is 14.8 Å². The number of nitrogens with one attached hydrogen (secondary N) is 1. The van der Waals surface area contributed by atoms with Gasteiger partial charge in [-0.15, -0.1) is 0 Å². The highest BCUT2D eigenvalue weighted by atomic mass is 32.2. The molecule has 0 aromatic heterocycles. The minimum atomic E-state index is -3.64. The van der Waals surface area contributed by atoms with Crippen LogP contribution >= 0.6 is 0 Å². The summed E-state index contributed by atoms with van der Waals surface area (Å²) in [6, 6.07) is 5.14. The van der Waals surface area contributed by atoms with Crippen LogP contribution in [0.4, 0.5) is 0 Å². The number of benzene rings is 1. The number of likely N-dealkylation sites (tertiary alicyclic amines) is 1. The standard InChI is InChI=1S/C19H30N2O4S/c1-4-16-8-5-6-12-21(16)13-7-11-20-26(23,24)17-10-9-15(2)18(14-17)19(22)25-3/h9-10,14,16,20H,4-8,11-13H2,1-3H3.